The standard InChI is InChI=1S/C17H32N4O.HI/c1-6-7-10-13-21(5)16(18-2)19-14-17(11-8-9-12-17)15(22)20(3)4;/h6H,1,7-14H2,2-5H3,(H,18,19);1H. The van der Waals surface area contributed by atoms with Crippen LogP contribution in [0.25, 0.3) is 0 Å². The van der Waals surface area contributed by atoms with Gasteiger partial charge in [0.2, 0.25) is 5.91 Å². The maximum Gasteiger partial charge on any atom is 0.230 e. The van der Waals surface area contributed by atoms with Crippen molar-refractivity contribution in [2.24, 2.45) is 10.4 Å². The van der Waals surface area contributed by atoms with Crippen LogP contribution in [0, 0.1) is 5.41 Å². The number of unbranched alkanes of at least 4 members (excludes halogenated alkanes) is 1. The summed E-state index contributed by atoms with van der Waals surface area (Å²) in [5.41, 5.74) is -0.263. The number of amides is 1. The molecule has 0 aliphatic heterocycles. The van der Waals surface area contributed by atoms with Gasteiger partial charge in [-0.25, -0.2) is 0 Å². The lowest BCUT2D eigenvalue weighted by Gasteiger charge is -2.32. The number of rotatable bonds is 7. The van der Waals surface area contributed by atoms with Crippen molar-refractivity contribution in [2.45, 2.75) is 38.5 Å². The summed E-state index contributed by atoms with van der Waals surface area (Å²) in [5.74, 6) is 1.10. The first kappa shape index (κ1) is 22.2. The summed E-state index contributed by atoms with van der Waals surface area (Å²) in [6, 6.07) is 0. The first-order valence-electron chi connectivity index (χ1n) is 8.21. The number of allylic oxidation sites excluding steroid dienone is 1. The summed E-state index contributed by atoms with van der Waals surface area (Å²) in [7, 11) is 7.52. The van der Waals surface area contributed by atoms with Crippen LogP contribution in [-0.2, 0) is 4.79 Å². The second-order valence-corrected chi connectivity index (χ2v) is 6.44. The molecule has 1 N–H and O–H groups in total. The summed E-state index contributed by atoms with van der Waals surface area (Å²) in [4.78, 5) is 20.8. The Morgan fingerprint density at radius 3 is 2.39 bits per heavy atom. The van der Waals surface area contributed by atoms with E-state index in [1.165, 1.54) is 0 Å². The molecule has 0 radical (unpaired) electrons. The van der Waals surface area contributed by atoms with Crippen molar-refractivity contribution in [3.8, 4) is 0 Å². The molecule has 6 heteroatoms. The van der Waals surface area contributed by atoms with Gasteiger partial charge in [0.05, 0.1) is 5.41 Å². The molecule has 0 bridgehead atoms. The Labute approximate surface area is 158 Å². The zero-order valence-corrected chi connectivity index (χ0v) is 17.4. The molecule has 23 heavy (non-hydrogen) atoms. The van der Waals surface area contributed by atoms with Gasteiger partial charge >= 0.3 is 0 Å². The molecule has 0 aromatic carbocycles. The Kier molecular flexibility index (Phi) is 10.5. The second kappa shape index (κ2) is 10.9. The molecule has 5 nitrogen and oxygen atoms in total. The normalized spacial score (nSPS) is 16.4. The maximum absolute atomic E-state index is 12.6. The fourth-order valence-corrected chi connectivity index (χ4v) is 3.20. The first-order valence-corrected chi connectivity index (χ1v) is 8.21. The largest absolute Gasteiger partial charge is 0.355 e. The third kappa shape index (κ3) is 6.31. The molecule has 1 aliphatic carbocycles. The first-order chi connectivity index (χ1) is 10.5. The molecule has 0 saturated heterocycles. The van der Waals surface area contributed by atoms with Crippen LogP contribution in [0.15, 0.2) is 17.6 Å². The van der Waals surface area contributed by atoms with Crippen LogP contribution in [0.1, 0.15) is 38.5 Å². The Balaban J connectivity index is 0.00000484. The number of nitrogens with one attached hydrogen (secondary N) is 1. The van der Waals surface area contributed by atoms with Gasteiger partial charge in [-0.05, 0) is 25.7 Å². The lowest BCUT2D eigenvalue weighted by molar-refractivity contribution is -0.138. The average Bonchev–Trinajstić information content (AvgIpc) is 2.97. The van der Waals surface area contributed by atoms with Gasteiger partial charge in [0.25, 0.3) is 0 Å². The minimum atomic E-state index is -0.263. The van der Waals surface area contributed by atoms with Gasteiger partial charge in [0.15, 0.2) is 5.96 Å². The minimum Gasteiger partial charge on any atom is -0.355 e. The van der Waals surface area contributed by atoms with Crippen LogP contribution in [0.3, 0.4) is 0 Å². The van der Waals surface area contributed by atoms with Gasteiger partial charge in [-0.3, -0.25) is 9.79 Å². The van der Waals surface area contributed by atoms with Crippen molar-refractivity contribution in [3.05, 3.63) is 12.7 Å². The van der Waals surface area contributed by atoms with Crippen LogP contribution in [0.2, 0.25) is 0 Å². The van der Waals surface area contributed by atoms with E-state index in [9.17, 15) is 4.79 Å². The number of carbonyl (C=O) groups is 1. The summed E-state index contributed by atoms with van der Waals surface area (Å²) in [6.45, 7) is 5.35. The molecule has 1 fully saturated rings. The van der Waals surface area contributed by atoms with Crippen LogP contribution < -0.4 is 5.32 Å². The van der Waals surface area contributed by atoms with Gasteiger partial charge in [-0.1, -0.05) is 18.9 Å². The van der Waals surface area contributed by atoms with E-state index in [0.29, 0.717) is 6.54 Å². The van der Waals surface area contributed by atoms with E-state index < -0.39 is 0 Å². The van der Waals surface area contributed by atoms with E-state index in [2.05, 4.69) is 21.8 Å². The van der Waals surface area contributed by atoms with Crippen LogP contribution in [0.4, 0.5) is 0 Å². The molecule has 1 aliphatic rings. The van der Waals surface area contributed by atoms with E-state index >= 15 is 0 Å². The topological polar surface area (TPSA) is 47.9 Å². The Morgan fingerprint density at radius 2 is 1.91 bits per heavy atom. The molecule has 0 atom stereocenters. The van der Waals surface area contributed by atoms with Crippen molar-refractivity contribution in [3.63, 3.8) is 0 Å². The molecule has 0 heterocycles. The van der Waals surface area contributed by atoms with Crippen molar-refractivity contribution in [2.75, 3.05) is 41.3 Å². The predicted octanol–water partition coefficient (Wildman–Crippen LogP) is 2.73. The number of hydrogen-bond donors (Lipinski definition) is 1. The van der Waals surface area contributed by atoms with Crippen LogP contribution >= 0.6 is 24.0 Å². The van der Waals surface area contributed by atoms with E-state index in [0.717, 1.165) is 51.0 Å². The Hall–Kier alpha value is -0.790. The fraction of sp³-hybridized carbons (Fsp3) is 0.765. The number of hydrogen-bond acceptors (Lipinski definition) is 2. The zero-order chi connectivity index (χ0) is 16.6. The van der Waals surface area contributed by atoms with Gasteiger partial charge < -0.3 is 15.1 Å². The predicted molar refractivity (Wildman–Crippen MR) is 108 cm³/mol. The summed E-state index contributed by atoms with van der Waals surface area (Å²) < 4.78 is 0. The molecule has 1 saturated carbocycles. The maximum atomic E-state index is 12.6. The van der Waals surface area contributed by atoms with Crippen molar-refractivity contribution in [1.82, 2.24) is 15.1 Å². The van der Waals surface area contributed by atoms with Gasteiger partial charge in [0, 0.05) is 41.3 Å². The quantitative estimate of drug-likeness (QED) is 0.220. The van der Waals surface area contributed by atoms with Gasteiger partial charge in [-0.15, -0.1) is 30.6 Å². The molecule has 0 aromatic rings. The molecular formula is C17H33IN4O. The van der Waals surface area contributed by atoms with E-state index in [4.69, 9.17) is 0 Å². The lowest BCUT2D eigenvalue weighted by atomic mass is 9.84. The van der Waals surface area contributed by atoms with Crippen LogP contribution in [-0.4, -0.2) is 62.9 Å². The Morgan fingerprint density at radius 1 is 1.30 bits per heavy atom. The smallest absolute Gasteiger partial charge is 0.230 e. The van der Waals surface area contributed by atoms with E-state index in [-0.39, 0.29) is 35.3 Å². The molecule has 0 unspecified atom stereocenters. The third-order valence-corrected chi connectivity index (χ3v) is 4.48. The zero-order valence-electron chi connectivity index (χ0n) is 15.1. The molecule has 1 rings (SSSR count). The van der Waals surface area contributed by atoms with Crippen molar-refractivity contribution in [1.29, 1.82) is 0 Å². The second-order valence-electron chi connectivity index (χ2n) is 6.44. The summed E-state index contributed by atoms with van der Waals surface area (Å²) in [5, 5.41) is 3.42. The molecule has 134 valence electrons. The average molecular weight is 436 g/mol. The molecule has 0 aromatic heterocycles. The molecule has 1 amide bonds. The number of nitrogens with zero attached hydrogens (tertiary/aromatic N) is 3. The lowest BCUT2D eigenvalue weighted by Crippen LogP contribution is -2.49. The highest BCUT2D eigenvalue weighted by molar-refractivity contribution is 14.0. The fourth-order valence-electron chi connectivity index (χ4n) is 3.20. The monoisotopic (exact) mass is 436 g/mol. The van der Waals surface area contributed by atoms with Crippen molar-refractivity contribution >= 4 is 35.8 Å². The summed E-state index contributed by atoms with van der Waals surface area (Å²) in [6.07, 6.45) is 8.20. The highest BCUT2D eigenvalue weighted by Crippen LogP contribution is 2.38. The number of guanidine groups is 1. The number of carbonyl (C=O) groups excluding carboxylic acids is 1. The van der Waals surface area contributed by atoms with E-state index in [1.807, 2.05) is 27.2 Å². The highest BCUT2D eigenvalue weighted by atomic mass is 127. The minimum absolute atomic E-state index is 0. The highest BCUT2D eigenvalue weighted by Gasteiger charge is 2.42. The Bertz CT molecular complexity index is 403. The van der Waals surface area contributed by atoms with E-state index in [1.54, 1.807) is 11.9 Å². The van der Waals surface area contributed by atoms with Crippen LogP contribution in [0.5, 0.6) is 0 Å². The summed E-state index contributed by atoms with van der Waals surface area (Å²) >= 11 is 0. The molecule has 0 spiro atoms. The van der Waals surface area contributed by atoms with Gasteiger partial charge in [0.1, 0.15) is 0 Å². The van der Waals surface area contributed by atoms with Gasteiger partial charge in [-0.2, -0.15) is 0 Å². The molecular weight excluding hydrogens is 403 g/mol. The SMILES string of the molecule is C=CCCCN(C)C(=NC)NCC1(C(=O)N(C)C)CCCC1.I. The van der Waals surface area contributed by atoms with Crippen molar-refractivity contribution < 1.29 is 4.79 Å². The number of aliphatic imine (C=N–C) groups is 1. The number of halogens is 1. The third-order valence-electron chi connectivity index (χ3n) is 4.48.